The Morgan fingerprint density at radius 1 is 1.64 bits per heavy atom. The Hall–Kier alpha value is -0.790. The van der Waals surface area contributed by atoms with Crippen molar-refractivity contribution in [3.63, 3.8) is 0 Å². The van der Waals surface area contributed by atoms with Crippen LogP contribution < -0.4 is 0 Å². The van der Waals surface area contributed by atoms with Crippen LogP contribution >= 0.6 is 0 Å². The standard InChI is InChI=1S/C9H14N2/c1-2-7-5-8(6-7)9-10-3-4-11-9/h3-4,7-8H,2,5-6H2,1H3,(H,10,11). The fourth-order valence-corrected chi connectivity index (χ4v) is 1.79. The Morgan fingerprint density at radius 2 is 2.45 bits per heavy atom. The maximum atomic E-state index is 4.25. The maximum Gasteiger partial charge on any atom is 0.109 e. The van der Waals surface area contributed by atoms with E-state index in [-0.39, 0.29) is 0 Å². The lowest BCUT2D eigenvalue weighted by Crippen LogP contribution is -2.21. The van der Waals surface area contributed by atoms with E-state index in [0.717, 1.165) is 11.8 Å². The molecule has 0 spiro atoms. The highest BCUT2D eigenvalue weighted by molar-refractivity contribution is 5.03. The molecule has 2 nitrogen and oxygen atoms in total. The number of H-pyrrole nitrogens is 1. The van der Waals surface area contributed by atoms with E-state index in [4.69, 9.17) is 0 Å². The molecule has 11 heavy (non-hydrogen) atoms. The number of aromatic amines is 1. The SMILES string of the molecule is CCC1CC(c2ncc[nH]2)C1. The molecule has 0 aliphatic heterocycles. The first kappa shape index (κ1) is 6.89. The predicted octanol–water partition coefficient (Wildman–Crippen LogP) is 2.31. The molecule has 1 aromatic rings. The number of nitrogens with one attached hydrogen (secondary N) is 1. The Morgan fingerprint density at radius 3 is 3.00 bits per heavy atom. The van der Waals surface area contributed by atoms with E-state index in [9.17, 15) is 0 Å². The van der Waals surface area contributed by atoms with Gasteiger partial charge in [0.2, 0.25) is 0 Å². The molecule has 1 aliphatic carbocycles. The van der Waals surface area contributed by atoms with Gasteiger partial charge in [0.15, 0.2) is 0 Å². The fourth-order valence-electron chi connectivity index (χ4n) is 1.79. The minimum atomic E-state index is 0.731. The van der Waals surface area contributed by atoms with Crippen LogP contribution in [0, 0.1) is 5.92 Å². The zero-order valence-corrected chi connectivity index (χ0v) is 6.88. The minimum Gasteiger partial charge on any atom is -0.348 e. The molecular formula is C9H14N2. The van der Waals surface area contributed by atoms with Crippen LogP contribution in [0.15, 0.2) is 12.4 Å². The molecule has 0 radical (unpaired) electrons. The molecule has 0 atom stereocenters. The van der Waals surface area contributed by atoms with Gasteiger partial charge in [-0.2, -0.15) is 0 Å². The monoisotopic (exact) mass is 150 g/mol. The molecule has 1 heterocycles. The van der Waals surface area contributed by atoms with Crippen molar-refractivity contribution in [2.24, 2.45) is 5.92 Å². The summed E-state index contributed by atoms with van der Waals surface area (Å²) in [5.41, 5.74) is 0. The molecule has 0 unspecified atom stereocenters. The van der Waals surface area contributed by atoms with Gasteiger partial charge in [0.1, 0.15) is 5.82 Å². The number of hydrogen-bond donors (Lipinski definition) is 1. The topological polar surface area (TPSA) is 28.7 Å². The van der Waals surface area contributed by atoms with Crippen molar-refractivity contribution < 1.29 is 0 Å². The highest BCUT2D eigenvalue weighted by atomic mass is 14.9. The second kappa shape index (κ2) is 2.68. The van der Waals surface area contributed by atoms with Gasteiger partial charge in [-0.1, -0.05) is 13.3 Å². The van der Waals surface area contributed by atoms with Crippen LogP contribution in [-0.2, 0) is 0 Å². The van der Waals surface area contributed by atoms with Crippen LogP contribution in [0.5, 0.6) is 0 Å². The van der Waals surface area contributed by atoms with E-state index in [1.165, 1.54) is 25.1 Å². The van der Waals surface area contributed by atoms with E-state index in [1.807, 2.05) is 12.4 Å². The van der Waals surface area contributed by atoms with Crippen LogP contribution in [0.1, 0.15) is 37.9 Å². The Labute approximate surface area is 67.0 Å². The zero-order valence-electron chi connectivity index (χ0n) is 6.88. The number of imidazole rings is 1. The smallest absolute Gasteiger partial charge is 0.109 e. The lowest BCUT2D eigenvalue weighted by molar-refractivity contribution is 0.248. The quantitative estimate of drug-likeness (QED) is 0.688. The van der Waals surface area contributed by atoms with Crippen molar-refractivity contribution >= 4 is 0 Å². The molecule has 1 saturated carbocycles. The second-order valence-electron chi connectivity index (χ2n) is 3.42. The summed E-state index contributed by atoms with van der Waals surface area (Å²) in [6.07, 6.45) is 7.76. The Bertz CT molecular complexity index is 209. The third-order valence-electron chi connectivity index (χ3n) is 2.72. The highest BCUT2D eigenvalue weighted by Crippen LogP contribution is 2.41. The van der Waals surface area contributed by atoms with Gasteiger partial charge in [-0.15, -0.1) is 0 Å². The first-order valence-electron chi connectivity index (χ1n) is 4.39. The van der Waals surface area contributed by atoms with Crippen LogP contribution in [0.3, 0.4) is 0 Å². The lowest BCUT2D eigenvalue weighted by atomic mass is 9.73. The highest BCUT2D eigenvalue weighted by Gasteiger charge is 2.30. The van der Waals surface area contributed by atoms with Crippen molar-refractivity contribution in [1.29, 1.82) is 0 Å². The second-order valence-corrected chi connectivity index (χ2v) is 3.42. The summed E-state index contributed by atoms with van der Waals surface area (Å²) < 4.78 is 0. The molecule has 2 rings (SSSR count). The molecule has 0 aromatic carbocycles. The molecule has 1 aromatic heterocycles. The number of rotatable bonds is 2. The maximum absolute atomic E-state index is 4.25. The largest absolute Gasteiger partial charge is 0.348 e. The van der Waals surface area contributed by atoms with E-state index < -0.39 is 0 Å². The lowest BCUT2D eigenvalue weighted by Gasteiger charge is -2.33. The van der Waals surface area contributed by atoms with E-state index in [0.29, 0.717) is 0 Å². The molecule has 0 bridgehead atoms. The molecule has 1 N–H and O–H groups in total. The van der Waals surface area contributed by atoms with E-state index in [1.54, 1.807) is 0 Å². The fraction of sp³-hybridized carbons (Fsp3) is 0.667. The molecule has 2 heteroatoms. The van der Waals surface area contributed by atoms with Gasteiger partial charge in [-0.25, -0.2) is 4.98 Å². The number of aromatic nitrogens is 2. The third kappa shape index (κ3) is 1.17. The van der Waals surface area contributed by atoms with Gasteiger partial charge >= 0.3 is 0 Å². The van der Waals surface area contributed by atoms with Crippen LogP contribution in [-0.4, -0.2) is 9.97 Å². The summed E-state index contributed by atoms with van der Waals surface area (Å²) in [5, 5.41) is 0. The van der Waals surface area contributed by atoms with Gasteiger partial charge in [-0.05, 0) is 18.8 Å². The summed E-state index contributed by atoms with van der Waals surface area (Å²) in [7, 11) is 0. The van der Waals surface area contributed by atoms with Crippen molar-refractivity contribution in [1.82, 2.24) is 9.97 Å². The normalized spacial score (nSPS) is 29.9. The van der Waals surface area contributed by atoms with Gasteiger partial charge in [-0.3, -0.25) is 0 Å². The minimum absolute atomic E-state index is 0.731. The van der Waals surface area contributed by atoms with Crippen molar-refractivity contribution in [3.8, 4) is 0 Å². The zero-order chi connectivity index (χ0) is 7.68. The summed E-state index contributed by atoms with van der Waals surface area (Å²) in [4.78, 5) is 7.42. The van der Waals surface area contributed by atoms with Crippen LogP contribution in [0.4, 0.5) is 0 Å². The van der Waals surface area contributed by atoms with Crippen molar-refractivity contribution in [2.45, 2.75) is 32.1 Å². The number of nitrogens with zero attached hydrogens (tertiary/aromatic N) is 1. The molecule has 60 valence electrons. The van der Waals surface area contributed by atoms with Gasteiger partial charge < -0.3 is 4.98 Å². The molecule has 1 fully saturated rings. The van der Waals surface area contributed by atoms with Crippen molar-refractivity contribution in [2.75, 3.05) is 0 Å². The first-order chi connectivity index (χ1) is 5.40. The Balaban J connectivity index is 1.92. The van der Waals surface area contributed by atoms with Gasteiger partial charge in [0.25, 0.3) is 0 Å². The van der Waals surface area contributed by atoms with Gasteiger partial charge in [0.05, 0.1) is 0 Å². The van der Waals surface area contributed by atoms with Crippen molar-refractivity contribution in [3.05, 3.63) is 18.2 Å². The summed E-state index contributed by atoms with van der Waals surface area (Å²) in [6, 6.07) is 0. The molecule has 0 saturated heterocycles. The summed E-state index contributed by atoms with van der Waals surface area (Å²) >= 11 is 0. The molecule has 0 amide bonds. The summed E-state index contributed by atoms with van der Waals surface area (Å²) in [6.45, 7) is 2.27. The van der Waals surface area contributed by atoms with Crippen LogP contribution in [0.2, 0.25) is 0 Å². The van der Waals surface area contributed by atoms with Gasteiger partial charge in [0, 0.05) is 18.3 Å². The average molecular weight is 150 g/mol. The van der Waals surface area contributed by atoms with E-state index in [2.05, 4.69) is 16.9 Å². The Kier molecular flexibility index (Phi) is 1.68. The number of hydrogen-bond acceptors (Lipinski definition) is 1. The molecule has 1 aliphatic rings. The first-order valence-corrected chi connectivity index (χ1v) is 4.39. The predicted molar refractivity (Wildman–Crippen MR) is 44.3 cm³/mol. The third-order valence-corrected chi connectivity index (χ3v) is 2.72. The average Bonchev–Trinajstić information content (AvgIpc) is 2.37. The molecular weight excluding hydrogens is 136 g/mol. The van der Waals surface area contributed by atoms with E-state index >= 15 is 0 Å². The summed E-state index contributed by atoms with van der Waals surface area (Å²) in [5.74, 6) is 2.88. The van der Waals surface area contributed by atoms with Crippen LogP contribution in [0.25, 0.3) is 0 Å².